The average Bonchev–Trinajstić information content (AvgIpc) is 2.96. The van der Waals surface area contributed by atoms with Crippen molar-refractivity contribution >= 4 is 10.0 Å². The van der Waals surface area contributed by atoms with Crippen LogP contribution in [0.25, 0.3) is 0 Å². The van der Waals surface area contributed by atoms with Gasteiger partial charge >= 0.3 is 0 Å². The zero-order valence-corrected chi connectivity index (χ0v) is 26.4. The SMILES string of the molecule is COCCO[C@@H](C1=C[C@@H]([C@H](C)[C@@H](C)S(=O)(=O)N(Cc2ccc(OC)cc2)Cc2ccc(OC)cc2)C1)[C@@H]1CC[C@H]1CO. The minimum absolute atomic E-state index is 0.0388. The first kappa shape index (κ1) is 32.5. The minimum Gasteiger partial charge on any atom is -0.497 e. The van der Waals surface area contributed by atoms with Gasteiger partial charge in [-0.3, -0.25) is 0 Å². The number of rotatable bonds is 17. The molecule has 2 aromatic rings. The van der Waals surface area contributed by atoms with Crippen LogP contribution < -0.4 is 9.47 Å². The topological polar surface area (TPSA) is 94.5 Å². The van der Waals surface area contributed by atoms with Crippen molar-refractivity contribution in [3.8, 4) is 11.5 Å². The maximum absolute atomic E-state index is 14.2. The lowest BCUT2D eigenvalue weighted by molar-refractivity contribution is -0.0552. The molecule has 0 spiro atoms. The number of methoxy groups -OCH3 is 3. The van der Waals surface area contributed by atoms with Gasteiger partial charge in [0, 0.05) is 26.8 Å². The molecule has 2 aromatic carbocycles. The summed E-state index contributed by atoms with van der Waals surface area (Å²) < 4.78 is 52.0. The molecule has 0 amide bonds. The lowest BCUT2D eigenvalue weighted by Crippen LogP contribution is -2.45. The first-order valence-electron chi connectivity index (χ1n) is 14.9. The molecule has 0 unspecified atom stereocenters. The molecule has 2 aliphatic rings. The van der Waals surface area contributed by atoms with E-state index in [2.05, 4.69) is 6.08 Å². The first-order chi connectivity index (χ1) is 20.2. The Balaban J connectivity index is 1.51. The molecule has 0 radical (unpaired) electrons. The lowest BCUT2D eigenvalue weighted by Gasteiger charge is -2.45. The number of aliphatic hydroxyl groups excluding tert-OH is 1. The van der Waals surface area contributed by atoms with Crippen molar-refractivity contribution in [1.29, 1.82) is 0 Å². The Kier molecular flexibility index (Phi) is 11.5. The molecule has 42 heavy (non-hydrogen) atoms. The number of aliphatic hydroxyl groups is 1. The molecule has 9 heteroatoms. The summed E-state index contributed by atoms with van der Waals surface area (Å²) in [5.74, 6) is 2.10. The largest absolute Gasteiger partial charge is 0.497 e. The summed E-state index contributed by atoms with van der Waals surface area (Å²) in [6.07, 6.45) is 5.05. The summed E-state index contributed by atoms with van der Waals surface area (Å²) in [7, 11) is 1.22. The third-order valence-electron chi connectivity index (χ3n) is 9.23. The van der Waals surface area contributed by atoms with Gasteiger partial charge in [0.15, 0.2) is 0 Å². The second kappa shape index (κ2) is 14.8. The Hall–Kier alpha value is -2.43. The van der Waals surface area contributed by atoms with Gasteiger partial charge in [0.05, 0.1) is 38.8 Å². The van der Waals surface area contributed by atoms with E-state index in [9.17, 15) is 13.5 Å². The highest BCUT2D eigenvalue weighted by Crippen LogP contribution is 2.46. The van der Waals surface area contributed by atoms with Crippen molar-refractivity contribution in [3.05, 3.63) is 71.3 Å². The fourth-order valence-corrected chi connectivity index (χ4v) is 7.88. The highest BCUT2D eigenvalue weighted by Gasteiger charge is 2.44. The molecule has 232 valence electrons. The molecule has 0 aromatic heterocycles. The Morgan fingerprint density at radius 1 is 0.881 bits per heavy atom. The van der Waals surface area contributed by atoms with E-state index in [0.717, 1.165) is 41.9 Å². The van der Waals surface area contributed by atoms with E-state index in [1.165, 1.54) is 5.57 Å². The lowest BCUT2D eigenvalue weighted by atomic mass is 9.65. The second-order valence-electron chi connectivity index (χ2n) is 11.7. The van der Waals surface area contributed by atoms with E-state index in [4.69, 9.17) is 18.9 Å². The highest BCUT2D eigenvalue weighted by molar-refractivity contribution is 7.89. The standard InChI is InChI=1S/C33H47NO7S/c1-23(28-18-29(19-28)33(41-17-16-38-3)32-15-10-27(32)22-35)24(2)42(36,37)34(20-25-6-11-30(39-4)12-7-25)21-26-8-13-31(40-5)14-9-26/h6-9,11-14,18,23-24,27-28,32-33,35H,10,15-17,19-22H2,1-5H3/t23-,24-,27+,28-,32-,33+/m1/s1. The maximum atomic E-state index is 14.2. The van der Waals surface area contributed by atoms with Crippen molar-refractivity contribution in [3.63, 3.8) is 0 Å². The molecule has 4 rings (SSSR count). The summed E-state index contributed by atoms with van der Waals surface area (Å²) in [6.45, 7) is 5.61. The number of benzene rings is 2. The van der Waals surface area contributed by atoms with Crippen LogP contribution in [0, 0.1) is 23.7 Å². The van der Waals surface area contributed by atoms with Crippen LogP contribution in [0.3, 0.4) is 0 Å². The third kappa shape index (κ3) is 7.55. The fourth-order valence-electron chi connectivity index (χ4n) is 6.01. The molecule has 0 aliphatic heterocycles. The summed E-state index contributed by atoms with van der Waals surface area (Å²) in [4.78, 5) is 0. The molecule has 6 atom stereocenters. The van der Waals surface area contributed by atoms with Crippen molar-refractivity contribution in [2.24, 2.45) is 23.7 Å². The van der Waals surface area contributed by atoms with Crippen LogP contribution in [0.5, 0.6) is 11.5 Å². The predicted molar refractivity (Wildman–Crippen MR) is 164 cm³/mol. The maximum Gasteiger partial charge on any atom is 0.217 e. The van der Waals surface area contributed by atoms with Gasteiger partial charge in [-0.05, 0) is 90.8 Å². The Labute approximate surface area is 251 Å². The molecular weight excluding hydrogens is 554 g/mol. The number of sulfonamides is 1. The van der Waals surface area contributed by atoms with Crippen LogP contribution >= 0.6 is 0 Å². The van der Waals surface area contributed by atoms with E-state index in [-0.39, 0.29) is 43.6 Å². The zero-order chi connectivity index (χ0) is 30.3. The van der Waals surface area contributed by atoms with Crippen LogP contribution in [0.15, 0.2) is 60.2 Å². The van der Waals surface area contributed by atoms with Crippen LogP contribution in [0.1, 0.15) is 44.2 Å². The molecule has 0 saturated heterocycles. The molecule has 2 aliphatic carbocycles. The summed E-state index contributed by atoms with van der Waals surface area (Å²) in [5.41, 5.74) is 3.02. The van der Waals surface area contributed by atoms with Gasteiger partial charge in [-0.15, -0.1) is 0 Å². The third-order valence-corrected chi connectivity index (χ3v) is 11.6. The Morgan fingerprint density at radius 2 is 1.43 bits per heavy atom. The molecular formula is C33H47NO7S. The van der Waals surface area contributed by atoms with Crippen LogP contribution in [-0.4, -0.2) is 70.3 Å². The van der Waals surface area contributed by atoms with Crippen molar-refractivity contribution in [1.82, 2.24) is 4.31 Å². The van der Waals surface area contributed by atoms with Gasteiger partial charge in [0.25, 0.3) is 0 Å². The zero-order valence-electron chi connectivity index (χ0n) is 25.6. The van der Waals surface area contributed by atoms with E-state index in [1.54, 1.807) is 25.6 Å². The van der Waals surface area contributed by atoms with Gasteiger partial charge in [-0.25, -0.2) is 8.42 Å². The number of nitrogens with zero attached hydrogens (tertiary/aromatic N) is 1. The van der Waals surface area contributed by atoms with Gasteiger partial charge in [-0.1, -0.05) is 37.3 Å². The van der Waals surface area contributed by atoms with Crippen molar-refractivity contribution in [2.45, 2.75) is 57.6 Å². The van der Waals surface area contributed by atoms with Gasteiger partial charge < -0.3 is 24.1 Å². The van der Waals surface area contributed by atoms with Gasteiger partial charge in [-0.2, -0.15) is 4.31 Å². The van der Waals surface area contributed by atoms with E-state index >= 15 is 0 Å². The predicted octanol–water partition coefficient (Wildman–Crippen LogP) is 5.06. The summed E-state index contributed by atoms with van der Waals surface area (Å²) >= 11 is 0. The normalized spacial score (nSPS) is 22.5. The highest BCUT2D eigenvalue weighted by atomic mass is 32.2. The molecule has 0 bridgehead atoms. The molecule has 1 N–H and O–H groups in total. The molecule has 8 nitrogen and oxygen atoms in total. The molecule has 1 fully saturated rings. The minimum atomic E-state index is -3.67. The number of ether oxygens (including phenoxy) is 4. The average molecular weight is 602 g/mol. The van der Waals surface area contributed by atoms with Crippen molar-refractivity contribution < 1.29 is 32.5 Å². The van der Waals surface area contributed by atoms with Crippen LogP contribution in [0.4, 0.5) is 0 Å². The Morgan fingerprint density at radius 3 is 1.86 bits per heavy atom. The molecule has 1 saturated carbocycles. The number of allylic oxidation sites excluding steroid dienone is 1. The summed E-state index contributed by atoms with van der Waals surface area (Å²) in [6, 6.07) is 15.1. The van der Waals surface area contributed by atoms with Gasteiger partial charge in [0.2, 0.25) is 10.0 Å². The van der Waals surface area contributed by atoms with Crippen LogP contribution in [-0.2, 0) is 32.6 Å². The first-order valence-corrected chi connectivity index (χ1v) is 16.4. The quantitative estimate of drug-likeness (QED) is 0.200. The molecule has 0 heterocycles. The van der Waals surface area contributed by atoms with Gasteiger partial charge in [0.1, 0.15) is 11.5 Å². The monoisotopic (exact) mass is 601 g/mol. The second-order valence-corrected chi connectivity index (χ2v) is 13.9. The summed E-state index contributed by atoms with van der Waals surface area (Å²) in [5, 5.41) is 9.20. The number of hydrogen-bond donors (Lipinski definition) is 1. The van der Waals surface area contributed by atoms with Crippen LogP contribution in [0.2, 0.25) is 0 Å². The van der Waals surface area contributed by atoms with Crippen molar-refractivity contribution in [2.75, 3.05) is 41.2 Å². The van der Waals surface area contributed by atoms with E-state index < -0.39 is 15.3 Å². The fraction of sp³-hybridized carbons (Fsp3) is 0.576. The van der Waals surface area contributed by atoms with E-state index in [1.807, 2.05) is 62.4 Å². The number of hydrogen-bond acceptors (Lipinski definition) is 7. The Bertz CT molecular complexity index is 1210. The smallest absolute Gasteiger partial charge is 0.217 e. The van der Waals surface area contributed by atoms with E-state index in [0.29, 0.717) is 19.1 Å².